The molecule has 2 N–H and O–H groups in total. The third-order valence-electron chi connectivity index (χ3n) is 2.80. The highest BCUT2D eigenvalue weighted by atomic mass is 127. The van der Waals surface area contributed by atoms with E-state index in [0.29, 0.717) is 0 Å². The predicted octanol–water partition coefficient (Wildman–Crippen LogP) is 4.49. The van der Waals surface area contributed by atoms with E-state index >= 15 is 0 Å². The van der Waals surface area contributed by atoms with Crippen LogP contribution in [0.1, 0.15) is 24.9 Å². The fraction of sp³-hybridized carbons (Fsp3) is 0.200. The maximum absolute atomic E-state index is 6.09. The molecule has 18 heavy (non-hydrogen) atoms. The molecule has 1 atom stereocenters. The molecule has 0 aliphatic rings. The van der Waals surface area contributed by atoms with Gasteiger partial charge >= 0.3 is 0 Å². The summed E-state index contributed by atoms with van der Waals surface area (Å²) in [5, 5.41) is 0. The van der Waals surface area contributed by atoms with Crippen LogP contribution in [-0.4, -0.2) is 0 Å². The Bertz CT molecular complexity index is 510. The maximum Gasteiger partial charge on any atom is 0.132 e. The molecule has 0 heterocycles. The normalized spacial score (nSPS) is 12.2. The van der Waals surface area contributed by atoms with Crippen molar-refractivity contribution in [3.05, 3.63) is 57.7 Å². The van der Waals surface area contributed by atoms with Gasteiger partial charge in [-0.25, -0.2) is 0 Å². The first-order valence-corrected chi connectivity index (χ1v) is 7.06. The van der Waals surface area contributed by atoms with Crippen molar-refractivity contribution in [2.45, 2.75) is 19.4 Å². The predicted molar refractivity (Wildman–Crippen MR) is 82.9 cm³/mol. The van der Waals surface area contributed by atoms with Crippen molar-refractivity contribution in [1.82, 2.24) is 0 Å². The molecule has 3 heteroatoms. The number of halogens is 1. The van der Waals surface area contributed by atoms with Crippen molar-refractivity contribution in [2.24, 2.45) is 5.73 Å². The van der Waals surface area contributed by atoms with Crippen molar-refractivity contribution in [2.75, 3.05) is 0 Å². The third-order valence-corrected chi connectivity index (χ3v) is 3.52. The van der Waals surface area contributed by atoms with Crippen molar-refractivity contribution >= 4 is 22.6 Å². The van der Waals surface area contributed by atoms with Crippen LogP contribution in [0.4, 0.5) is 0 Å². The van der Waals surface area contributed by atoms with Gasteiger partial charge in [-0.15, -0.1) is 0 Å². The summed E-state index contributed by atoms with van der Waals surface area (Å²) in [6.07, 6.45) is 0.896. The van der Waals surface area contributed by atoms with Gasteiger partial charge < -0.3 is 10.5 Å². The Morgan fingerprint density at radius 3 is 2.44 bits per heavy atom. The van der Waals surface area contributed by atoms with Crippen LogP contribution in [-0.2, 0) is 0 Å². The topological polar surface area (TPSA) is 35.2 Å². The Balaban J connectivity index is 2.26. The molecule has 2 aromatic carbocycles. The lowest BCUT2D eigenvalue weighted by Crippen LogP contribution is -2.09. The van der Waals surface area contributed by atoms with E-state index < -0.39 is 0 Å². The second-order valence-corrected chi connectivity index (χ2v) is 5.35. The summed E-state index contributed by atoms with van der Waals surface area (Å²) in [5.41, 5.74) is 7.15. The van der Waals surface area contributed by atoms with Crippen LogP contribution < -0.4 is 10.5 Å². The van der Waals surface area contributed by atoms with Crippen LogP contribution in [0, 0.1) is 3.57 Å². The second kappa shape index (κ2) is 6.20. The van der Waals surface area contributed by atoms with E-state index in [1.165, 1.54) is 3.57 Å². The fourth-order valence-corrected chi connectivity index (χ4v) is 2.09. The Kier molecular flexibility index (Phi) is 4.60. The molecule has 0 spiro atoms. The molecule has 0 saturated carbocycles. The van der Waals surface area contributed by atoms with Gasteiger partial charge in [0.25, 0.3) is 0 Å². The summed E-state index contributed by atoms with van der Waals surface area (Å²) in [7, 11) is 0. The van der Waals surface area contributed by atoms with Gasteiger partial charge in [-0.1, -0.05) is 25.1 Å². The molecule has 0 amide bonds. The highest BCUT2D eigenvalue weighted by Gasteiger charge is 2.10. The van der Waals surface area contributed by atoms with Gasteiger partial charge in [-0.2, -0.15) is 0 Å². The molecule has 94 valence electrons. The summed E-state index contributed by atoms with van der Waals surface area (Å²) in [6.45, 7) is 2.08. The molecular weight excluding hydrogens is 337 g/mol. The highest BCUT2D eigenvalue weighted by Crippen LogP contribution is 2.29. The van der Waals surface area contributed by atoms with Crippen LogP contribution in [0.25, 0.3) is 0 Å². The van der Waals surface area contributed by atoms with Crippen LogP contribution in [0.3, 0.4) is 0 Å². The number of rotatable bonds is 4. The smallest absolute Gasteiger partial charge is 0.132 e. The molecule has 0 unspecified atom stereocenters. The summed E-state index contributed by atoms with van der Waals surface area (Å²) in [6, 6.07) is 16.0. The molecule has 0 saturated heterocycles. The minimum absolute atomic E-state index is 0.0186. The van der Waals surface area contributed by atoms with Crippen LogP contribution in [0.15, 0.2) is 48.5 Å². The Morgan fingerprint density at radius 1 is 1.11 bits per heavy atom. The van der Waals surface area contributed by atoms with Crippen LogP contribution in [0.2, 0.25) is 0 Å². The fourth-order valence-electron chi connectivity index (χ4n) is 1.73. The monoisotopic (exact) mass is 353 g/mol. The number of benzene rings is 2. The number of para-hydroxylation sites is 1. The molecular formula is C15H16INO. The molecule has 0 bridgehead atoms. The van der Waals surface area contributed by atoms with E-state index in [4.69, 9.17) is 10.5 Å². The maximum atomic E-state index is 6.09. The lowest BCUT2D eigenvalue weighted by atomic mass is 10.0. The van der Waals surface area contributed by atoms with Gasteiger partial charge in [0.1, 0.15) is 11.5 Å². The SMILES string of the molecule is CC[C@H](N)c1ccccc1Oc1ccc(I)cc1. The Labute approximate surface area is 121 Å². The molecule has 0 fully saturated rings. The summed E-state index contributed by atoms with van der Waals surface area (Å²) >= 11 is 2.28. The largest absolute Gasteiger partial charge is 0.457 e. The van der Waals surface area contributed by atoms with Crippen molar-refractivity contribution < 1.29 is 4.74 Å². The van der Waals surface area contributed by atoms with Crippen LogP contribution >= 0.6 is 22.6 Å². The minimum atomic E-state index is 0.0186. The zero-order chi connectivity index (χ0) is 13.0. The van der Waals surface area contributed by atoms with E-state index in [9.17, 15) is 0 Å². The van der Waals surface area contributed by atoms with Gasteiger partial charge in [0.05, 0.1) is 0 Å². The number of hydrogen-bond donors (Lipinski definition) is 1. The van der Waals surface area contributed by atoms with E-state index in [0.717, 1.165) is 23.5 Å². The van der Waals surface area contributed by atoms with Gasteiger partial charge in [-0.05, 0) is 59.3 Å². The van der Waals surface area contributed by atoms with E-state index in [-0.39, 0.29) is 6.04 Å². The molecule has 2 rings (SSSR count). The lowest BCUT2D eigenvalue weighted by Gasteiger charge is -2.15. The van der Waals surface area contributed by atoms with E-state index in [2.05, 4.69) is 29.5 Å². The molecule has 0 aliphatic carbocycles. The zero-order valence-corrected chi connectivity index (χ0v) is 12.4. The van der Waals surface area contributed by atoms with Gasteiger partial charge in [0, 0.05) is 15.2 Å². The molecule has 2 nitrogen and oxygen atoms in total. The standard InChI is InChI=1S/C15H16INO/c1-2-14(17)13-5-3-4-6-15(13)18-12-9-7-11(16)8-10-12/h3-10,14H,2,17H2,1H3/t14-/m0/s1. The first kappa shape index (κ1) is 13.4. The van der Waals surface area contributed by atoms with Crippen LogP contribution in [0.5, 0.6) is 11.5 Å². The Hall–Kier alpha value is -1.07. The molecule has 2 aromatic rings. The summed E-state index contributed by atoms with van der Waals surface area (Å²) in [4.78, 5) is 0. The highest BCUT2D eigenvalue weighted by molar-refractivity contribution is 14.1. The number of hydrogen-bond acceptors (Lipinski definition) is 2. The quantitative estimate of drug-likeness (QED) is 0.822. The van der Waals surface area contributed by atoms with Gasteiger partial charge in [0.2, 0.25) is 0 Å². The second-order valence-electron chi connectivity index (χ2n) is 4.11. The average molecular weight is 353 g/mol. The van der Waals surface area contributed by atoms with Crippen molar-refractivity contribution in [1.29, 1.82) is 0 Å². The van der Waals surface area contributed by atoms with Crippen molar-refractivity contribution in [3.63, 3.8) is 0 Å². The van der Waals surface area contributed by atoms with E-state index in [1.807, 2.05) is 48.5 Å². The minimum Gasteiger partial charge on any atom is -0.457 e. The number of ether oxygens (including phenoxy) is 1. The molecule has 0 radical (unpaired) electrons. The molecule has 0 aliphatic heterocycles. The Morgan fingerprint density at radius 2 is 1.78 bits per heavy atom. The van der Waals surface area contributed by atoms with Crippen molar-refractivity contribution in [3.8, 4) is 11.5 Å². The lowest BCUT2D eigenvalue weighted by molar-refractivity contribution is 0.468. The zero-order valence-electron chi connectivity index (χ0n) is 10.3. The van der Waals surface area contributed by atoms with E-state index in [1.54, 1.807) is 0 Å². The summed E-state index contributed by atoms with van der Waals surface area (Å²) < 4.78 is 7.10. The van der Waals surface area contributed by atoms with Gasteiger partial charge in [0.15, 0.2) is 0 Å². The first-order chi connectivity index (χ1) is 8.70. The van der Waals surface area contributed by atoms with Gasteiger partial charge in [-0.3, -0.25) is 0 Å². The number of nitrogens with two attached hydrogens (primary N) is 1. The molecule has 0 aromatic heterocycles. The average Bonchev–Trinajstić information content (AvgIpc) is 2.41. The summed E-state index contributed by atoms with van der Waals surface area (Å²) in [5.74, 6) is 1.68. The first-order valence-electron chi connectivity index (χ1n) is 5.98. The third kappa shape index (κ3) is 3.23.